The van der Waals surface area contributed by atoms with Crippen molar-refractivity contribution in [1.29, 1.82) is 0 Å². The van der Waals surface area contributed by atoms with E-state index in [1.807, 2.05) is 17.5 Å². The lowest BCUT2D eigenvalue weighted by Gasteiger charge is -2.05. The Morgan fingerprint density at radius 2 is 2.16 bits per heavy atom. The Labute approximate surface area is 116 Å². The molecule has 96 valence electrons. The van der Waals surface area contributed by atoms with Crippen molar-refractivity contribution in [3.8, 4) is 0 Å². The maximum atomic E-state index is 13.2. The van der Waals surface area contributed by atoms with Gasteiger partial charge in [0.25, 0.3) is 0 Å². The van der Waals surface area contributed by atoms with Crippen LogP contribution < -0.4 is 11.3 Å². The molecular formula is C12H9FN4S2. The van der Waals surface area contributed by atoms with Crippen LogP contribution in [0, 0.1) is 5.82 Å². The highest BCUT2D eigenvalue weighted by atomic mass is 32.2. The molecule has 4 nitrogen and oxygen atoms in total. The molecule has 0 amide bonds. The minimum Gasteiger partial charge on any atom is -0.292 e. The van der Waals surface area contributed by atoms with Crippen molar-refractivity contribution in [2.75, 3.05) is 5.43 Å². The van der Waals surface area contributed by atoms with E-state index >= 15 is 0 Å². The fourth-order valence-electron chi connectivity index (χ4n) is 1.61. The number of aromatic nitrogens is 2. The van der Waals surface area contributed by atoms with Gasteiger partial charge in [-0.2, -0.15) is 0 Å². The molecule has 2 heterocycles. The smallest absolute Gasteiger partial charge is 0.239 e. The van der Waals surface area contributed by atoms with Crippen LogP contribution in [0.4, 0.5) is 10.3 Å². The molecule has 0 spiro atoms. The molecule has 19 heavy (non-hydrogen) atoms. The van der Waals surface area contributed by atoms with E-state index in [2.05, 4.69) is 15.4 Å². The molecule has 3 N–H and O–H groups in total. The minimum absolute atomic E-state index is 0.266. The van der Waals surface area contributed by atoms with Crippen LogP contribution in [0.25, 0.3) is 10.2 Å². The van der Waals surface area contributed by atoms with Crippen molar-refractivity contribution in [1.82, 2.24) is 9.97 Å². The van der Waals surface area contributed by atoms with Gasteiger partial charge in [0.2, 0.25) is 5.95 Å². The van der Waals surface area contributed by atoms with Gasteiger partial charge >= 0.3 is 0 Å². The molecule has 0 aliphatic heterocycles. The Kier molecular flexibility index (Phi) is 3.33. The monoisotopic (exact) mass is 292 g/mol. The van der Waals surface area contributed by atoms with Crippen LogP contribution in [-0.2, 0) is 0 Å². The molecule has 3 aromatic rings. The highest BCUT2D eigenvalue weighted by Crippen LogP contribution is 2.34. The summed E-state index contributed by atoms with van der Waals surface area (Å²) in [6.45, 7) is 0. The summed E-state index contributed by atoms with van der Waals surface area (Å²) in [6.07, 6.45) is 0. The Morgan fingerprint density at radius 1 is 1.26 bits per heavy atom. The summed E-state index contributed by atoms with van der Waals surface area (Å²) >= 11 is 2.90. The lowest BCUT2D eigenvalue weighted by molar-refractivity contribution is 0.624. The normalized spacial score (nSPS) is 10.8. The third-order valence-corrected chi connectivity index (χ3v) is 4.23. The first-order chi connectivity index (χ1) is 9.26. The van der Waals surface area contributed by atoms with E-state index in [0.717, 1.165) is 20.1 Å². The average Bonchev–Trinajstić information content (AvgIpc) is 2.87. The van der Waals surface area contributed by atoms with Crippen LogP contribution in [0.3, 0.4) is 0 Å². The maximum Gasteiger partial charge on any atom is 0.239 e. The Morgan fingerprint density at radius 3 is 2.95 bits per heavy atom. The number of anilines is 1. The predicted molar refractivity (Wildman–Crippen MR) is 75.7 cm³/mol. The number of hydrogen-bond donors (Lipinski definition) is 2. The number of thiophene rings is 1. The van der Waals surface area contributed by atoms with E-state index in [1.54, 1.807) is 6.07 Å². The Hall–Kier alpha value is -1.70. The van der Waals surface area contributed by atoms with Gasteiger partial charge in [0.15, 0.2) is 0 Å². The Balaban J connectivity index is 2.06. The SMILES string of the molecule is NNc1nc(Sc2cccc(F)c2)c2ccsc2n1. The molecule has 0 unspecified atom stereocenters. The Bertz CT molecular complexity index is 729. The standard InChI is InChI=1S/C12H9FN4S2/c13-7-2-1-3-8(6-7)19-11-9-4-5-18-10(9)15-12(16-11)17-14/h1-6H,14H2,(H,15,16,17). The molecule has 0 fully saturated rings. The van der Waals surface area contributed by atoms with Gasteiger partial charge in [-0.1, -0.05) is 17.8 Å². The van der Waals surface area contributed by atoms with Gasteiger partial charge in [-0.3, -0.25) is 5.43 Å². The molecule has 0 saturated heterocycles. The second-order valence-electron chi connectivity index (χ2n) is 3.70. The van der Waals surface area contributed by atoms with Gasteiger partial charge in [-0.15, -0.1) is 11.3 Å². The molecular weight excluding hydrogens is 283 g/mol. The van der Waals surface area contributed by atoms with Gasteiger partial charge in [-0.05, 0) is 29.6 Å². The number of hydrogen-bond acceptors (Lipinski definition) is 6. The lowest BCUT2D eigenvalue weighted by Crippen LogP contribution is -2.10. The van der Waals surface area contributed by atoms with Gasteiger partial charge < -0.3 is 0 Å². The highest BCUT2D eigenvalue weighted by Gasteiger charge is 2.10. The largest absolute Gasteiger partial charge is 0.292 e. The van der Waals surface area contributed by atoms with Crippen LogP contribution >= 0.6 is 23.1 Å². The number of halogens is 1. The zero-order valence-electron chi connectivity index (χ0n) is 9.63. The molecule has 0 saturated carbocycles. The third kappa shape index (κ3) is 2.53. The van der Waals surface area contributed by atoms with Crippen molar-refractivity contribution in [3.63, 3.8) is 0 Å². The molecule has 0 atom stereocenters. The van der Waals surface area contributed by atoms with Crippen LogP contribution in [-0.4, -0.2) is 9.97 Å². The first-order valence-corrected chi connectivity index (χ1v) is 7.11. The zero-order chi connectivity index (χ0) is 13.2. The van der Waals surface area contributed by atoms with Gasteiger partial charge in [0.05, 0.1) is 0 Å². The van der Waals surface area contributed by atoms with Crippen molar-refractivity contribution < 1.29 is 4.39 Å². The van der Waals surface area contributed by atoms with E-state index in [1.165, 1.54) is 35.2 Å². The maximum absolute atomic E-state index is 13.2. The predicted octanol–water partition coefficient (Wildman–Crippen LogP) is 3.27. The number of nitrogens with two attached hydrogens (primary N) is 1. The highest BCUT2D eigenvalue weighted by molar-refractivity contribution is 7.99. The quantitative estimate of drug-likeness (QED) is 0.441. The number of nitrogens with one attached hydrogen (secondary N) is 1. The lowest BCUT2D eigenvalue weighted by atomic mass is 10.3. The van der Waals surface area contributed by atoms with Gasteiger partial charge in [-0.25, -0.2) is 20.2 Å². The van der Waals surface area contributed by atoms with Crippen LogP contribution in [0.15, 0.2) is 45.6 Å². The van der Waals surface area contributed by atoms with Crippen molar-refractivity contribution in [3.05, 3.63) is 41.5 Å². The first kappa shape index (κ1) is 12.3. The van der Waals surface area contributed by atoms with E-state index in [4.69, 9.17) is 5.84 Å². The molecule has 2 aromatic heterocycles. The van der Waals surface area contributed by atoms with Crippen LogP contribution in [0.1, 0.15) is 0 Å². The molecule has 7 heteroatoms. The first-order valence-electron chi connectivity index (χ1n) is 5.41. The fourth-order valence-corrected chi connectivity index (χ4v) is 3.39. The molecule has 3 rings (SSSR count). The fraction of sp³-hybridized carbons (Fsp3) is 0. The second-order valence-corrected chi connectivity index (χ2v) is 5.65. The number of nitrogens with zero attached hydrogens (tertiary/aromatic N) is 2. The van der Waals surface area contributed by atoms with Crippen molar-refractivity contribution in [2.45, 2.75) is 9.92 Å². The van der Waals surface area contributed by atoms with Gasteiger partial charge in [0, 0.05) is 10.3 Å². The second kappa shape index (κ2) is 5.12. The third-order valence-electron chi connectivity index (χ3n) is 2.43. The summed E-state index contributed by atoms with van der Waals surface area (Å²) in [7, 11) is 0. The molecule has 0 radical (unpaired) electrons. The summed E-state index contributed by atoms with van der Waals surface area (Å²) < 4.78 is 13.2. The average molecular weight is 292 g/mol. The van der Waals surface area contributed by atoms with E-state index in [0.29, 0.717) is 5.95 Å². The molecule has 0 bridgehead atoms. The number of nitrogen functional groups attached to an aromatic ring is 1. The summed E-state index contributed by atoms with van der Waals surface area (Å²) in [5, 5.41) is 3.64. The molecule has 0 aliphatic rings. The van der Waals surface area contributed by atoms with E-state index in [9.17, 15) is 4.39 Å². The number of fused-ring (bicyclic) bond motifs is 1. The van der Waals surface area contributed by atoms with E-state index < -0.39 is 0 Å². The summed E-state index contributed by atoms with van der Waals surface area (Å²) in [6, 6.07) is 8.34. The molecule has 0 aliphatic carbocycles. The summed E-state index contributed by atoms with van der Waals surface area (Å²) in [5.74, 6) is 5.45. The van der Waals surface area contributed by atoms with E-state index in [-0.39, 0.29) is 5.82 Å². The minimum atomic E-state index is -0.266. The number of benzene rings is 1. The van der Waals surface area contributed by atoms with Gasteiger partial charge in [0.1, 0.15) is 15.7 Å². The van der Waals surface area contributed by atoms with Crippen molar-refractivity contribution >= 4 is 39.3 Å². The van der Waals surface area contributed by atoms with Crippen LogP contribution in [0.5, 0.6) is 0 Å². The topological polar surface area (TPSA) is 63.8 Å². The van der Waals surface area contributed by atoms with Crippen LogP contribution in [0.2, 0.25) is 0 Å². The number of rotatable bonds is 3. The zero-order valence-corrected chi connectivity index (χ0v) is 11.3. The number of hydrazine groups is 1. The summed E-state index contributed by atoms with van der Waals surface area (Å²) in [4.78, 5) is 10.2. The molecule has 1 aromatic carbocycles. The summed E-state index contributed by atoms with van der Waals surface area (Å²) in [5.41, 5.74) is 2.44. The van der Waals surface area contributed by atoms with Crippen molar-refractivity contribution in [2.24, 2.45) is 5.84 Å².